The molecule has 2 N–H and O–H groups in total. The fourth-order valence-electron chi connectivity index (χ4n) is 3.84. The summed E-state index contributed by atoms with van der Waals surface area (Å²) < 4.78 is 0. The molecule has 3 rings (SSSR count). The molecule has 1 heterocycles. The lowest BCUT2D eigenvalue weighted by molar-refractivity contribution is -0.142. The highest BCUT2D eigenvalue weighted by Crippen LogP contribution is 2.43. The van der Waals surface area contributed by atoms with Crippen LogP contribution >= 0.6 is 0 Å². The molecular weight excluding hydrogens is 270 g/mol. The first kappa shape index (κ1) is 13.9. The second kappa shape index (κ2) is 5.06. The van der Waals surface area contributed by atoms with Crippen LogP contribution in [0.25, 0.3) is 0 Å². The maximum atomic E-state index is 12.7. The minimum absolute atomic E-state index is 0.0621. The van der Waals surface area contributed by atoms with Gasteiger partial charge in [-0.15, -0.1) is 0 Å². The lowest BCUT2D eigenvalue weighted by atomic mass is 9.94. The number of hydrogen-bond donors (Lipinski definition) is 2. The standard InChI is InChI=1S/C16H19NO4/c1-9-11(5-3-7-13(9)18)15(19)17-8-10-4-2-6-12(10)14(17)16(20)21/h3,5,7,10,12,14,18H,2,4,6,8H2,1H3,(H,20,21). The molecule has 1 aromatic carbocycles. The summed E-state index contributed by atoms with van der Waals surface area (Å²) in [6, 6.07) is 4.05. The van der Waals surface area contributed by atoms with Crippen LogP contribution in [-0.4, -0.2) is 39.6 Å². The molecule has 21 heavy (non-hydrogen) atoms. The molecule has 0 aromatic heterocycles. The second-order valence-corrected chi connectivity index (χ2v) is 6.05. The van der Waals surface area contributed by atoms with Crippen LogP contribution in [0, 0.1) is 18.8 Å². The number of carboxylic acids is 1. The Morgan fingerprint density at radius 1 is 1.29 bits per heavy atom. The Morgan fingerprint density at radius 3 is 2.76 bits per heavy atom. The predicted molar refractivity (Wildman–Crippen MR) is 76.1 cm³/mol. The van der Waals surface area contributed by atoms with Gasteiger partial charge in [-0.1, -0.05) is 12.5 Å². The lowest BCUT2D eigenvalue weighted by Gasteiger charge is -2.25. The van der Waals surface area contributed by atoms with E-state index in [1.807, 2.05) is 0 Å². The Balaban J connectivity index is 1.93. The van der Waals surface area contributed by atoms with Gasteiger partial charge < -0.3 is 15.1 Å². The van der Waals surface area contributed by atoms with Gasteiger partial charge in [-0.25, -0.2) is 4.79 Å². The van der Waals surface area contributed by atoms with Crippen LogP contribution < -0.4 is 0 Å². The van der Waals surface area contributed by atoms with E-state index in [-0.39, 0.29) is 17.6 Å². The van der Waals surface area contributed by atoms with E-state index in [0.29, 0.717) is 23.6 Å². The zero-order valence-corrected chi connectivity index (χ0v) is 12.0. The molecule has 112 valence electrons. The van der Waals surface area contributed by atoms with Crippen molar-refractivity contribution in [1.82, 2.24) is 4.90 Å². The number of carboxylic acid groups (broad SMARTS) is 1. The van der Waals surface area contributed by atoms with Crippen molar-refractivity contribution in [2.24, 2.45) is 11.8 Å². The molecule has 1 saturated heterocycles. The second-order valence-electron chi connectivity index (χ2n) is 6.05. The van der Waals surface area contributed by atoms with Crippen LogP contribution in [0.2, 0.25) is 0 Å². The summed E-state index contributed by atoms with van der Waals surface area (Å²) in [5.74, 6) is -0.774. The molecule has 5 nitrogen and oxygen atoms in total. The van der Waals surface area contributed by atoms with Gasteiger partial charge in [-0.2, -0.15) is 0 Å². The summed E-state index contributed by atoms with van der Waals surface area (Å²) in [7, 11) is 0. The summed E-state index contributed by atoms with van der Waals surface area (Å²) in [5, 5.41) is 19.2. The molecule has 2 fully saturated rings. The van der Waals surface area contributed by atoms with E-state index in [2.05, 4.69) is 0 Å². The van der Waals surface area contributed by atoms with Gasteiger partial charge in [-0.05, 0) is 43.7 Å². The summed E-state index contributed by atoms with van der Waals surface area (Å²) in [6.07, 6.45) is 2.92. The molecule has 3 atom stereocenters. The van der Waals surface area contributed by atoms with Gasteiger partial charge in [0.2, 0.25) is 0 Å². The van der Waals surface area contributed by atoms with Crippen molar-refractivity contribution in [3.63, 3.8) is 0 Å². The Bertz CT molecular complexity index is 598. The number of rotatable bonds is 2. The van der Waals surface area contributed by atoms with E-state index in [0.717, 1.165) is 19.3 Å². The van der Waals surface area contributed by atoms with Crippen molar-refractivity contribution in [3.8, 4) is 5.75 Å². The Kier molecular flexibility index (Phi) is 3.35. The van der Waals surface area contributed by atoms with Crippen LogP contribution in [0.15, 0.2) is 18.2 Å². The van der Waals surface area contributed by atoms with Gasteiger partial charge in [0.25, 0.3) is 5.91 Å². The fraction of sp³-hybridized carbons (Fsp3) is 0.500. The number of phenolic OH excluding ortho intramolecular Hbond substituents is 1. The molecule has 0 spiro atoms. The van der Waals surface area contributed by atoms with E-state index in [4.69, 9.17) is 0 Å². The molecule has 3 unspecified atom stereocenters. The van der Waals surface area contributed by atoms with Crippen molar-refractivity contribution in [2.75, 3.05) is 6.54 Å². The smallest absolute Gasteiger partial charge is 0.326 e. The first-order chi connectivity index (χ1) is 10.0. The van der Waals surface area contributed by atoms with Crippen LogP contribution in [0.1, 0.15) is 35.2 Å². The van der Waals surface area contributed by atoms with Crippen LogP contribution in [0.4, 0.5) is 0 Å². The minimum Gasteiger partial charge on any atom is -0.508 e. The van der Waals surface area contributed by atoms with Crippen LogP contribution in [-0.2, 0) is 4.79 Å². The van der Waals surface area contributed by atoms with E-state index < -0.39 is 12.0 Å². The van der Waals surface area contributed by atoms with E-state index >= 15 is 0 Å². The Hall–Kier alpha value is -2.04. The molecule has 1 aliphatic carbocycles. The largest absolute Gasteiger partial charge is 0.508 e. The Labute approximate surface area is 123 Å². The van der Waals surface area contributed by atoms with Gasteiger partial charge in [0.15, 0.2) is 0 Å². The van der Waals surface area contributed by atoms with Gasteiger partial charge >= 0.3 is 5.97 Å². The number of amides is 1. The van der Waals surface area contributed by atoms with Gasteiger partial charge in [0, 0.05) is 17.7 Å². The molecule has 2 aliphatic rings. The third-order valence-corrected chi connectivity index (χ3v) is 4.94. The average molecular weight is 289 g/mol. The fourth-order valence-corrected chi connectivity index (χ4v) is 3.84. The maximum Gasteiger partial charge on any atom is 0.326 e. The van der Waals surface area contributed by atoms with Crippen molar-refractivity contribution >= 4 is 11.9 Å². The summed E-state index contributed by atoms with van der Waals surface area (Å²) in [4.78, 5) is 25.8. The number of aromatic hydroxyl groups is 1. The Morgan fingerprint density at radius 2 is 2.05 bits per heavy atom. The van der Waals surface area contributed by atoms with Gasteiger partial charge in [0.05, 0.1) is 0 Å². The molecule has 1 aliphatic heterocycles. The molecular formula is C16H19NO4. The summed E-state index contributed by atoms with van der Waals surface area (Å²) in [6.45, 7) is 2.19. The monoisotopic (exact) mass is 289 g/mol. The maximum absolute atomic E-state index is 12.7. The third-order valence-electron chi connectivity index (χ3n) is 4.94. The normalized spacial score (nSPS) is 27.7. The zero-order valence-electron chi connectivity index (χ0n) is 12.0. The zero-order chi connectivity index (χ0) is 15.1. The predicted octanol–water partition coefficient (Wildman–Crippen LogP) is 2.03. The van der Waals surface area contributed by atoms with Crippen molar-refractivity contribution in [3.05, 3.63) is 29.3 Å². The number of nitrogens with zero attached hydrogens (tertiary/aromatic N) is 1. The highest BCUT2D eigenvalue weighted by molar-refractivity contribution is 5.98. The highest BCUT2D eigenvalue weighted by Gasteiger charge is 2.49. The topological polar surface area (TPSA) is 77.8 Å². The van der Waals surface area contributed by atoms with Gasteiger partial charge in [0.1, 0.15) is 11.8 Å². The van der Waals surface area contributed by atoms with Crippen LogP contribution in [0.5, 0.6) is 5.75 Å². The number of aliphatic carboxylic acids is 1. The molecule has 0 bridgehead atoms. The van der Waals surface area contributed by atoms with E-state index in [9.17, 15) is 19.8 Å². The molecule has 1 aromatic rings. The van der Waals surface area contributed by atoms with E-state index in [1.54, 1.807) is 19.1 Å². The number of carbonyl (C=O) groups excluding carboxylic acids is 1. The molecule has 0 radical (unpaired) electrons. The highest BCUT2D eigenvalue weighted by atomic mass is 16.4. The number of likely N-dealkylation sites (tertiary alicyclic amines) is 1. The summed E-state index contributed by atoms with van der Waals surface area (Å²) in [5.41, 5.74) is 0.893. The number of carbonyl (C=O) groups is 2. The molecule has 1 saturated carbocycles. The number of hydrogen-bond acceptors (Lipinski definition) is 3. The van der Waals surface area contributed by atoms with Crippen molar-refractivity contribution in [1.29, 1.82) is 0 Å². The minimum atomic E-state index is -0.921. The SMILES string of the molecule is Cc1c(O)cccc1C(=O)N1CC2CCCC2C1C(=O)O. The average Bonchev–Trinajstić information content (AvgIpc) is 3.00. The van der Waals surface area contributed by atoms with Crippen molar-refractivity contribution in [2.45, 2.75) is 32.2 Å². The first-order valence-electron chi connectivity index (χ1n) is 7.33. The number of benzene rings is 1. The third kappa shape index (κ3) is 2.17. The van der Waals surface area contributed by atoms with Gasteiger partial charge in [-0.3, -0.25) is 4.79 Å². The summed E-state index contributed by atoms with van der Waals surface area (Å²) >= 11 is 0. The lowest BCUT2D eigenvalue weighted by Crippen LogP contribution is -2.43. The van der Waals surface area contributed by atoms with Crippen LogP contribution in [0.3, 0.4) is 0 Å². The quantitative estimate of drug-likeness (QED) is 0.873. The molecule has 5 heteroatoms. The molecule has 1 amide bonds. The van der Waals surface area contributed by atoms with E-state index in [1.165, 1.54) is 11.0 Å². The number of fused-ring (bicyclic) bond motifs is 1. The van der Waals surface area contributed by atoms with Crippen molar-refractivity contribution < 1.29 is 19.8 Å². The number of phenols is 1. The first-order valence-corrected chi connectivity index (χ1v) is 7.33.